The molecule has 0 radical (unpaired) electrons. The predicted molar refractivity (Wildman–Crippen MR) is 68.7 cm³/mol. The predicted octanol–water partition coefficient (Wildman–Crippen LogP) is 2.19. The summed E-state index contributed by atoms with van der Waals surface area (Å²) in [6.07, 6.45) is 2.71. The van der Waals surface area contributed by atoms with Crippen LogP contribution in [0.3, 0.4) is 0 Å². The number of carbonyl (C=O) groups excluding carboxylic acids is 3. The first kappa shape index (κ1) is 14.8. The fourth-order valence-corrected chi connectivity index (χ4v) is 1.83. The van der Waals surface area contributed by atoms with Crippen molar-refractivity contribution in [2.45, 2.75) is 6.92 Å². The maximum atomic E-state index is 13.4. The summed E-state index contributed by atoms with van der Waals surface area (Å²) < 4.78 is 31.4. The zero-order valence-electron chi connectivity index (χ0n) is 10.9. The first-order chi connectivity index (χ1) is 9.90. The molecule has 0 aromatic heterocycles. The molecule has 0 aliphatic carbocycles. The number of esters is 1. The Morgan fingerprint density at radius 1 is 1.24 bits per heavy atom. The normalized spacial score (nSPS) is 18.6. The third kappa shape index (κ3) is 3.10. The number of hydrogen-bond donors (Lipinski definition) is 0. The van der Waals surface area contributed by atoms with E-state index >= 15 is 0 Å². The first-order valence-corrected chi connectivity index (χ1v) is 6.00. The standard InChI is InChI=1S/C15H10F2O4/c1-8-7-13(19)14(15(20)21-8)12(18)6-5-9-10(16)3-2-4-11(9)17/h2-7,14H,1H3/b6-5+. The summed E-state index contributed by atoms with van der Waals surface area (Å²) in [6, 6.07) is 3.23. The van der Waals surface area contributed by atoms with Gasteiger partial charge < -0.3 is 4.74 Å². The van der Waals surface area contributed by atoms with Crippen LogP contribution in [0.2, 0.25) is 0 Å². The van der Waals surface area contributed by atoms with Crippen molar-refractivity contribution in [2.75, 3.05) is 0 Å². The van der Waals surface area contributed by atoms with Crippen molar-refractivity contribution in [2.24, 2.45) is 5.92 Å². The molecular formula is C15H10F2O4. The molecule has 0 fully saturated rings. The van der Waals surface area contributed by atoms with Gasteiger partial charge in [-0.2, -0.15) is 0 Å². The topological polar surface area (TPSA) is 60.4 Å². The molecule has 0 saturated carbocycles. The second kappa shape index (κ2) is 5.78. The Morgan fingerprint density at radius 3 is 2.43 bits per heavy atom. The fourth-order valence-electron chi connectivity index (χ4n) is 1.83. The summed E-state index contributed by atoms with van der Waals surface area (Å²) in [5.41, 5.74) is -0.422. The lowest BCUT2D eigenvalue weighted by Gasteiger charge is -2.15. The van der Waals surface area contributed by atoms with Gasteiger partial charge in [-0.15, -0.1) is 0 Å². The number of ketones is 2. The smallest absolute Gasteiger partial charge is 0.329 e. The zero-order valence-corrected chi connectivity index (χ0v) is 10.9. The molecule has 2 rings (SSSR count). The minimum Gasteiger partial charge on any atom is -0.430 e. The van der Waals surface area contributed by atoms with Crippen LogP contribution in [0.5, 0.6) is 0 Å². The Labute approximate surface area is 118 Å². The summed E-state index contributed by atoms with van der Waals surface area (Å²) in [5.74, 6) is -5.84. The Bertz CT molecular complexity index is 669. The molecule has 1 atom stereocenters. The second-order valence-electron chi connectivity index (χ2n) is 4.38. The highest BCUT2D eigenvalue weighted by Crippen LogP contribution is 2.18. The largest absolute Gasteiger partial charge is 0.430 e. The van der Waals surface area contributed by atoms with Crippen LogP contribution in [0.1, 0.15) is 12.5 Å². The van der Waals surface area contributed by atoms with Crippen LogP contribution in [0, 0.1) is 17.6 Å². The highest BCUT2D eigenvalue weighted by molar-refractivity contribution is 6.25. The van der Waals surface area contributed by atoms with Gasteiger partial charge in [-0.1, -0.05) is 6.07 Å². The maximum absolute atomic E-state index is 13.4. The number of halogens is 2. The van der Waals surface area contributed by atoms with Crippen LogP contribution >= 0.6 is 0 Å². The molecule has 0 saturated heterocycles. The third-order valence-electron chi connectivity index (χ3n) is 2.83. The van der Waals surface area contributed by atoms with E-state index in [1.165, 1.54) is 13.0 Å². The number of rotatable bonds is 3. The number of carbonyl (C=O) groups is 3. The van der Waals surface area contributed by atoms with Crippen molar-refractivity contribution in [1.29, 1.82) is 0 Å². The molecule has 1 unspecified atom stereocenters. The molecule has 108 valence electrons. The lowest BCUT2D eigenvalue weighted by atomic mass is 9.96. The van der Waals surface area contributed by atoms with Gasteiger partial charge in [0.2, 0.25) is 0 Å². The van der Waals surface area contributed by atoms with Gasteiger partial charge in [0, 0.05) is 11.6 Å². The number of cyclic esters (lactones) is 1. The Morgan fingerprint density at radius 2 is 1.86 bits per heavy atom. The van der Waals surface area contributed by atoms with Gasteiger partial charge in [0.15, 0.2) is 17.5 Å². The van der Waals surface area contributed by atoms with Gasteiger partial charge in [-0.05, 0) is 31.2 Å². The summed E-state index contributed by atoms with van der Waals surface area (Å²) in [7, 11) is 0. The molecule has 1 heterocycles. The van der Waals surface area contributed by atoms with E-state index in [4.69, 9.17) is 0 Å². The number of hydrogen-bond acceptors (Lipinski definition) is 4. The van der Waals surface area contributed by atoms with Gasteiger partial charge in [0.05, 0.1) is 0 Å². The van der Waals surface area contributed by atoms with Gasteiger partial charge in [0.1, 0.15) is 17.4 Å². The van der Waals surface area contributed by atoms with Gasteiger partial charge >= 0.3 is 5.97 Å². The average Bonchev–Trinajstić information content (AvgIpc) is 2.36. The summed E-state index contributed by atoms with van der Waals surface area (Å²) in [5, 5.41) is 0. The molecule has 0 N–H and O–H groups in total. The van der Waals surface area contributed by atoms with Crippen molar-refractivity contribution in [3.63, 3.8) is 0 Å². The monoisotopic (exact) mass is 292 g/mol. The minimum absolute atomic E-state index is 0.0955. The molecule has 1 aliphatic heterocycles. The van der Waals surface area contributed by atoms with E-state index in [2.05, 4.69) is 4.74 Å². The first-order valence-electron chi connectivity index (χ1n) is 6.00. The highest BCUT2D eigenvalue weighted by Gasteiger charge is 2.36. The Hall–Kier alpha value is -2.63. The maximum Gasteiger partial charge on any atom is 0.329 e. The van der Waals surface area contributed by atoms with Crippen molar-refractivity contribution in [3.8, 4) is 0 Å². The summed E-state index contributed by atoms with van der Waals surface area (Å²) >= 11 is 0. The zero-order chi connectivity index (χ0) is 15.6. The van der Waals surface area contributed by atoms with E-state index in [-0.39, 0.29) is 5.76 Å². The van der Waals surface area contributed by atoms with Crippen molar-refractivity contribution < 1.29 is 27.9 Å². The van der Waals surface area contributed by atoms with E-state index in [0.717, 1.165) is 30.4 Å². The molecule has 0 bridgehead atoms. The minimum atomic E-state index is -1.63. The van der Waals surface area contributed by atoms with Crippen molar-refractivity contribution >= 4 is 23.6 Å². The summed E-state index contributed by atoms with van der Waals surface area (Å²) in [6.45, 7) is 1.40. The molecule has 1 aromatic rings. The van der Waals surface area contributed by atoms with Crippen LogP contribution < -0.4 is 0 Å². The Kier molecular flexibility index (Phi) is 4.07. The van der Waals surface area contributed by atoms with E-state index < -0.39 is 40.7 Å². The SMILES string of the molecule is CC1=CC(=O)C(C(=O)/C=C/c2c(F)cccc2F)C(=O)O1. The second-order valence-corrected chi connectivity index (χ2v) is 4.38. The van der Waals surface area contributed by atoms with Crippen molar-refractivity contribution in [1.82, 2.24) is 0 Å². The molecule has 4 nitrogen and oxygen atoms in total. The van der Waals surface area contributed by atoms with Crippen LogP contribution in [-0.4, -0.2) is 17.5 Å². The van der Waals surface area contributed by atoms with Crippen LogP contribution in [0.25, 0.3) is 6.08 Å². The van der Waals surface area contributed by atoms with Crippen LogP contribution in [-0.2, 0) is 19.1 Å². The Balaban J connectivity index is 2.24. The molecule has 0 spiro atoms. The molecular weight excluding hydrogens is 282 g/mol. The lowest BCUT2D eigenvalue weighted by molar-refractivity contribution is -0.151. The van der Waals surface area contributed by atoms with Crippen LogP contribution in [0.4, 0.5) is 8.78 Å². The van der Waals surface area contributed by atoms with Crippen LogP contribution in [0.15, 0.2) is 36.1 Å². The van der Waals surface area contributed by atoms with E-state index in [9.17, 15) is 23.2 Å². The number of ether oxygens (including phenoxy) is 1. The molecule has 1 aromatic carbocycles. The quantitative estimate of drug-likeness (QED) is 0.487. The van der Waals surface area contributed by atoms with E-state index in [1.54, 1.807) is 0 Å². The number of allylic oxidation sites excluding steroid dienone is 3. The van der Waals surface area contributed by atoms with Crippen molar-refractivity contribution in [3.05, 3.63) is 53.3 Å². The van der Waals surface area contributed by atoms with Gasteiger partial charge in [0.25, 0.3) is 0 Å². The number of benzene rings is 1. The third-order valence-corrected chi connectivity index (χ3v) is 2.83. The molecule has 21 heavy (non-hydrogen) atoms. The summed E-state index contributed by atoms with van der Waals surface area (Å²) in [4.78, 5) is 35.0. The molecule has 0 amide bonds. The average molecular weight is 292 g/mol. The van der Waals surface area contributed by atoms with Gasteiger partial charge in [-0.25, -0.2) is 8.78 Å². The highest BCUT2D eigenvalue weighted by atomic mass is 19.1. The fraction of sp³-hybridized carbons (Fsp3) is 0.133. The van der Waals surface area contributed by atoms with E-state index in [0.29, 0.717) is 0 Å². The lowest BCUT2D eigenvalue weighted by Crippen LogP contribution is -2.34. The van der Waals surface area contributed by atoms with E-state index in [1.807, 2.05) is 0 Å². The molecule has 1 aliphatic rings. The van der Waals surface area contributed by atoms with Gasteiger partial charge in [-0.3, -0.25) is 14.4 Å². The molecule has 6 heteroatoms.